The van der Waals surface area contributed by atoms with Gasteiger partial charge in [-0.3, -0.25) is 5.10 Å². The molecule has 0 spiro atoms. The van der Waals surface area contributed by atoms with Crippen LogP contribution in [0.3, 0.4) is 0 Å². The van der Waals surface area contributed by atoms with E-state index in [0.717, 1.165) is 17.7 Å². The average molecular weight is 306 g/mol. The molecule has 0 fully saturated rings. The zero-order chi connectivity index (χ0) is 15.2. The number of methoxy groups -OCH3 is 1. The van der Waals surface area contributed by atoms with Crippen LogP contribution in [-0.4, -0.2) is 34.8 Å². The SMILES string of the molecule is CCCOc1ccc(/C=N/n2c(C)n[nH]c2=S)cc1OC. The van der Waals surface area contributed by atoms with Gasteiger partial charge < -0.3 is 9.47 Å². The maximum absolute atomic E-state index is 5.61. The molecule has 7 heteroatoms. The van der Waals surface area contributed by atoms with Gasteiger partial charge in [0, 0.05) is 0 Å². The van der Waals surface area contributed by atoms with Crippen LogP contribution in [0.4, 0.5) is 0 Å². The fourth-order valence-corrected chi connectivity index (χ4v) is 1.95. The molecule has 1 N–H and O–H groups in total. The highest BCUT2D eigenvalue weighted by molar-refractivity contribution is 7.71. The molecule has 1 aromatic carbocycles. The standard InChI is InChI=1S/C14H18N4O2S/c1-4-7-20-12-6-5-11(8-13(12)19-3)9-15-18-10(2)16-17-14(18)21/h5-6,8-9H,4,7H2,1-3H3,(H,17,21)/b15-9+. The van der Waals surface area contributed by atoms with E-state index in [4.69, 9.17) is 21.7 Å². The third-order valence-corrected chi connectivity index (χ3v) is 3.05. The minimum absolute atomic E-state index is 0.457. The first kappa shape index (κ1) is 15.2. The molecule has 112 valence electrons. The summed E-state index contributed by atoms with van der Waals surface area (Å²) < 4.78 is 13.0. The lowest BCUT2D eigenvalue weighted by molar-refractivity contribution is 0.294. The number of hydrogen-bond acceptors (Lipinski definition) is 5. The van der Waals surface area contributed by atoms with Gasteiger partial charge in [-0.05, 0) is 49.3 Å². The minimum atomic E-state index is 0.457. The van der Waals surface area contributed by atoms with E-state index in [-0.39, 0.29) is 0 Å². The lowest BCUT2D eigenvalue weighted by Gasteiger charge is -2.10. The van der Waals surface area contributed by atoms with E-state index < -0.39 is 0 Å². The molecule has 0 radical (unpaired) electrons. The quantitative estimate of drug-likeness (QED) is 0.658. The lowest BCUT2D eigenvalue weighted by Crippen LogP contribution is -1.99. The van der Waals surface area contributed by atoms with Gasteiger partial charge in [-0.1, -0.05) is 6.92 Å². The Hall–Kier alpha value is -2.15. The number of rotatable bonds is 6. The second kappa shape index (κ2) is 7.03. The zero-order valence-electron chi connectivity index (χ0n) is 12.3. The van der Waals surface area contributed by atoms with E-state index >= 15 is 0 Å². The number of H-pyrrole nitrogens is 1. The number of aromatic nitrogens is 3. The highest BCUT2D eigenvalue weighted by Gasteiger charge is 2.05. The van der Waals surface area contributed by atoms with Gasteiger partial charge in [0.25, 0.3) is 0 Å². The predicted octanol–water partition coefficient (Wildman–Crippen LogP) is 2.93. The molecular weight excluding hydrogens is 288 g/mol. The summed E-state index contributed by atoms with van der Waals surface area (Å²) in [7, 11) is 1.62. The van der Waals surface area contributed by atoms with Crippen molar-refractivity contribution in [3.05, 3.63) is 34.4 Å². The summed E-state index contributed by atoms with van der Waals surface area (Å²) in [5.41, 5.74) is 0.887. The van der Waals surface area contributed by atoms with Gasteiger partial charge >= 0.3 is 0 Å². The molecule has 2 aromatic rings. The van der Waals surface area contributed by atoms with Crippen molar-refractivity contribution in [2.75, 3.05) is 13.7 Å². The normalized spacial score (nSPS) is 11.0. The maximum atomic E-state index is 5.61. The number of ether oxygens (including phenoxy) is 2. The molecule has 0 atom stereocenters. The molecule has 6 nitrogen and oxygen atoms in total. The highest BCUT2D eigenvalue weighted by atomic mass is 32.1. The van der Waals surface area contributed by atoms with Crippen molar-refractivity contribution in [1.82, 2.24) is 14.9 Å². The van der Waals surface area contributed by atoms with Crippen molar-refractivity contribution in [2.24, 2.45) is 5.10 Å². The van der Waals surface area contributed by atoms with E-state index in [2.05, 4.69) is 22.2 Å². The van der Waals surface area contributed by atoms with Crippen LogP contribution in [0.15, 0.2) is 23.3 Å². The topological polar surface area (TPSA) is 64.4 Å². The van der Waals surface area contributed by atoms with Crippen LogP contribution >= 0.6 is 12.2 Å². The van der Waals surface area contributed by atoms with Crippen LogP contribution < -0.4 is 9.47 Å². The van der Waals surface area contributed by atoms with Crippen molar-refractivity contribution >= 4 is 18.4 Å². The summed E-state index contributed by atoms with van der Waals surface area (Å²) in [6, 6.07) is 5.65. The van der Waals surface area contributed by atoms with Gasteiger partial charge in [0.1, 0.15) is 5.82 Å². The third-order valence-electron chi connectivity index (χ3n) is 2.78. The number of benzene rings is 1. The Morgan fingerprint density at radius 3 is 2.86 bits per heavy atom. The summed E-state index contributed by atoms with van der Waals surface area (Å²) in [6.45, 7) is 4.55. The molecule has 0 amide bonds. The molecule has 0 saturated heterocycles. The maximum Gasteiger partial charge on any atom is 0.216 e. The van der Waals surface area contributed by atoms with Crippen LogP contribution in [0.5, 0.6) is 11.5 Å². The summed E-state index contributed by atoms with van der Waals surface area (Å²) in [4.78, 5) is 0. The number of aromatic amines is 1. The summed E-state index contributed by atoms with van der Waals surface area (Å²) in [5.74, 6) is 2.11. The average Bonchev–Trinajstić information content (AvgIpc) is 2.82. The van der Waals surface area contributed by atoms with Gasteiger partial charge in [0.2, 0.25) is 4.77 Å². The lowest BCUT2D eigenvalue weighted by atomic mass is 10.2. The fraction of sp³-hybridized carbons (Fsp3) is 0.357. The Kier molecular flexibility index (Phi) is 5.10. The molecule has 21 heavy (non-hydrogen) atoms. The van der Waals surface area contributed by atoms with Crippen molar-refractivity contribution in [3.8, 4) is 11.5 Å². The van der Waals surface area contributed by atoms with Crippen molar-refractivity contribution in [3.63, 3.8) is 0 Å². The van der Waals surface area contributed by atoms with Crippen LogP contribution in [-0.2, 0) is 0 Å². The molecule has 0 aliphatic carbocycles. The largest absolute Gasteiger partial charge is 0.493 e. The fourth-order valence-electron chi connectivity index (χ4n) is 1.73. The molecule has 0 bridgehead atoms. The van der Waals surface area contributed by atoms with Crippen LogP contribution in [0.2, 0.25) is 0 Å². The molecule has 0 unspecified atom stereocenters. The van der Waals surface area contributed by atoms with Crippen molar-refractivity contribution < 1.29 is 9.47 Å². The summed E-state index contributed by atoms with van der Waals surface area (Å²) in [6.07, 6.45) is 2.65. The first-order valence-corrected chi connectivity index (χ1v) is 7.05. The van der Waals surface area contributed by atoms with E-state index in [1.165, 1.54) is 0 Å². The Balaban J connectivity index is 2.23. The summed E-state index contributed by atoms with van der Waals surface area (Å²) in [5, 5.41) is 11.0. The summed E-state index contributed by atoms with van der Waals surface area (Å²) >= 11 is 5.09. The van der Waals surface area contributed by atoms with Crippen molar-refractivity contribution in [1.29, 1.82) is 0 Å². The Morgan fingerprint density at radius 2 is 2.24 bits per heavy atom. The monoisotopic (exact) mass is 306 g/mol. The van der Waals surface area contributed by atoms with Crippen molar-refractivity contribution in [2.45, 2.75) is 20.3 Å². The highest BCUT2D eigenvalue weighted by Crippen LogP contribution is 2.27. The van der Waals surface area contributed by atoms with Crippen LogP contribution in [0, 0.1) is 11.7 Å². The number of hydrogen-bond donors (Lipinski definition) is 1. The van der Waals surface area contributed by atoms with Gasteiger partial charge in [0.15, 0.2) is 11.5 Å². The van der Waals surface area contributed by atoms with Gasteiger partial charge in [-0.25, -0.2) is 0 Å². The Labute approximate surface area is 128 Å². The molecule has 0 saturated carbocycles. The van der Waals surface area contributed by atoms with E-state index in [1.54, 1.807) is 18.0 Å². The zero-order valence-corrected chi connectivity index (χ0v) is 13.1. The third kappa shape index (κ3) is 3.69. The molecular formula is C14H18N4O2S. The molecule has 0 aliphatic heterocycles. The molecule has 0 aliphatic rings. The Bertz CT molecular complexity index is 691. The van der Waals surface area contributed by atoms with E-state index in [1.807, 2.05) is 25.1 Å². The first-order valence-electron chi connectivity index (χ1n) is 6.65. The molecule has 1 aromatic heterocycles. The smallest absolute Gasteiger partial charge is 0.216 e. The van der Waals surface area contributed by atoms with E-state index in [9.17, 15) is 0 Å². The molecule has 1 heterocycles. The minimum Gasteiger partial charge on any atom is -0.493 e. The second-order valence-electron chi connectivity index (χ2n) is 4.39. The van der Waals surface area contributed by atoms with Gasteiger partial charge in [0.05, 0.1) is 19.9 Å². The number of aryl methyl sites for hydroxylation is 1. The number of nitrogens with one attached hydrogen (secondary N) is 1. The van der Waals surface area contributed by atoms with Gasteiger partial charge in [-0.15, -0.1) is 0 Å². The number of nitrogens with zero attached hydrogens (tertiary/aromatic N) is 3. The Morgan fingerprint density at radius 1 is 1.43 bits per heavy atom. The van der Waals surface area contributed by atoms with Crippen LogP contribution in [0.1, 0.15) is 24.7 Å². The van der Waals surface area contributed by atoms with E-state index in [0.29, 0.717) is 23.0 Å². The van der Waals surface area contributed by atoms with Crippen LogP contribution in [0.25, 0.3) is 0 Å². The van der Waals surface area contributed by atoms with Gasteiger partial charge in [-0.2, -0.15) is 14.9 Å². The molecule has 2 rings (SSSR count). The predicted molar refractivity (Wildman–Crippen MR) is 83.9 cm³/mol. The second-order valence-corrected chi connectivity index (χ2v) is 4.78. The first-order chi connectivity index (χ1) is 10.2.